The van der Waals surface area contributed by atoms with Crippen LogP contribution < -0.4 is 4.18 Å². The van der Waals surface area contributed by atoms with Crippen LogP contribution in [0.3, 0.4) is 0 Å². The molecule has 8 heteroatoms. The third kappa shape index (κ3) is 4.33. The summed E-state index contributed by atoms with van der Waals surface area (Å²) < 4.78 is 64.2. The van der Waals surface area contributed by atoms with E-state index in [1.807, 2.05) is 12.1 Å². The highest BCUT2D eigenvalue weighted by Gasteiger charge is 2.48. The van der Waals surface area contributed by atoms with Gasteiger partial charge in [0.05, 0.1) is 0 Å². The Morgan fingerprint density at radius 2 is 1.53 bits per heavy atom. The molecule has 0 radical (unpaired) electrons. The molecule has 0 aliphatic rings. The van der Waals surface area contributed by atoms with E-state index in [2.05, 4.69) is 25.0 Å². The van der Waals surface area contributed by atoms with E-state index in [9.17, 15) is 26.4 Å². The molecule has 4 nitrogen and oxygen atoms in total. The molecular formula is C22H19F3O4S. The molecule has 0 aromatic heterocycles. The molecule has 0 heterocycles. The second-order valence-electron chi connectivity index (χ2n) is 7.83. The Morgan fingerprint density at radius 3 is 2.10 bits per heavy atom. The van der Waals surface area contributed by atoms with Crippen molar-refractivity contribution in [3.8, 4) is 5.75 Å². The van der Waals surface area contributed by atoms with Crippen molar-refractivity contribution in [2.45, 2.75) is 31.7 Å². The molecule has 3 aromatic rings. The van der Waals surface area contributed by atoms with Crippen LogP contribution >= 0.6 is 0 Å². The van der Waals surface area contributed by atoms with Crippen LogP contribution in [-0.4, -0.2) is 19.7 Å². The number of alkyl halides is 3. The minimum atomic E-state index is -5.77. The Kier molecular flexibility index (Phi) is 5.41. The van der Waals surface area contributed by atoms with E-state index in [1.165, 1.54) is 6.07 Å². The Morgan fingerprint density at radius 1 is 0.900 bits per heavy atom. The lowest BCUT2D eigenvalue weighted by Crippen LogP contribution is -2.28. The third-order valence-corrected chi connectivity index (χ3v) is 5.58. The Balaban J connectivity index is 1.97. The zero-order chi connectivity index (χ0) is 22.3. The summed E-state index contributed by atoms with van der Waals surface area (Å²) in [6.07, 6.45) is 0. The first-order valence-electron chi connectivity index (χ1n) is 8.98. The van der Waals surface area contributed by atoms with Crippen molar-refractivity contribution in [2.75, 3.05) is 0 Å². The number of fused-ring (bicyclic) bond motifs is 1. The number of rotatable bonds is 4. The quantitative estimate of drug-likeness (QED) is 0.304. The number of carbonyl (C=O) groups excluding carboxylic acids is 1. The lowest BCUT2D eigenvalue weighted by atomic mass is 9.86. The molecule has 0 bridgehead atoms. The summed E-state index contributed by atoms with van der Waals surface area (Å²) >= 11 is 0. The maximum absolute atomic E-state index is 13.0. The maximum atomic E-state index is 13.0. The fraction of sp³-hybridized carbons (Fsp3) is 0.227. The van der Waals surface area contributed by atoms with Gasteiger partial charge in [-0.2, -0.15) is 21.6 Å². The molecule has 3 rings (SSSR count). The summed E-state index contributed by atoms with van der Waals surface area (Å²) in [6.45, 7) is 6.19. The molecule has 0 saturated carbocycles. The summed E-state index contributed by atoms with van der Waals surface area (Å²) in [5.41, 5.74) is -3.70. The summed E-state index contributed by atoms with van der Waals surface area (Å²) in [5, 5.41) is 0.848. The number of carbonyl (C=O) groups is 1. The van der Waals surface area contributed by atoms with E-state index in [0.29, 0.717) is 21.9 Å². The molecule has 0 fully saturated rings. The van der Waals surface area contributed by atoms with Gasteiger partial charge >= 0.3 is 15.6 Å². The first-order valence-corrected chi connectivity index (χ1v) is 10.4. The topological polar surface area (TPSA) is 60.4 Å². The molecule has 0 amide bonds. The van der Waals surface area contributed by atoms with Gasteiger partial charge in [-0.1, -0.05) is 63.2 Å². The largest absolute Gasteiger partial charge is 0.534 e. The zero-order valence-corrected chi connectivity index (χ0v) is 17.3. The third-order valence-electron chi connectivity index (χ3n) is 4.60. The van der Waals surface area contributed by atoms with Crippen LogP contribution in [0.4, 0.5) is 13.2 Å². The van der Waals surface area contributed by atoms with Gasteiger partial charge in [0.15, 0.2) is 5.78 Å². The van der Waals surface area contributed by atoms with E-state index in [0.717, 1.165) is 17.7 Å². The van der Waals surface area contributed by atoms with Crippen molar-refractivity contribution in [2.24, 2.45) is 0 Å². The van der Waals surface area contributed by atoms with Gasteiger partial charge in [-0.15, -0.1) is 0 Å². The average Bonchev–Trinajstić information content (AvgIpc) is 2.65. The second-order valence-corrected chi connectivity index (χ2v) is 9.37. The molecule has 0 unspecified atom stereocenters. The molecule has 0 spiro atoms. The van der Waals surface area contributed by atoms with Gasteiger partial charge in [0.1, 0.15) is 5.75 Å². The predicted octanol–water partition coefficient (Wildman–Crippen LogP) is 5.60. The minimum Gasteiger partial charge on any atom is -0.376 e. The van der Waals surface area contributed by atoms with E-state index in [1.54, 1.807) is 30.3 Å². The van der Waals surface area contributed by atoms with E-state index in [4.69, 9.17) is 0 Å². The van der Waals surface area contributed by atoms with Gasteiger partial charge in [-0.05, 0) is 39.9 Å². The standard InChI is InChI=1S/C22H19F3O4S/c1-21(2,3)16-9-7-14(8-10-16)20(26)19-6-4-5-15-13-17(11-12-18(15)19)29-30(27,28)22(23,24)25/h4-13H,1-3H3. The fourth-order valence-corrected chi connectivity index (χ4v) is 3.41. The first-order chi connectivity index (χ1) is 13.8. The molecule has 3 aromatic carbocycles. The molecule has 30 heavy (non-hydrogen) atoms. The fourth-order valence-electron chi connectivity index (χ4n) is 2.96. The molecule has 158 valence electrons. The average molecular weight is 436 g/mol. The summed E-state index contributed by atoms with van der Waals surface area (Å²) in [4.78, 5) is 13.0. The smallest absolute Gasteiger partial charge is 0.376 e. The normalized spacial score (nSPS) is 12.7. The molecule has 0 aliphatic carbocycles. The van der Waals surface area contributed by atoms with Gasteiger partial charge in [-0.3, -0.25) is 4.79 Å². The highest BCUT2D eigenvalue weighted by molar-refractivity contribution is 7.88. The van der Waals surface area contributed by atoms with Crippen LogP contribution in [0.1, 0.15) is 42.3 Å². The van der Waals surface area contributed by atoms with Gasteiger partial charge in [-0.25, -0.2) is 0 Å². The Labute approximate surface area is 172 Å². The van der Waals surface area contributed by atoms with Crippen LogP contribution in [0.2, 0.25) is 0 Å². The molecule has 0 saturated heterocycles. The van der Waals surface area contributed by atoms with Crippen molar-refractivity contribution in [1.82, 2.24) is 0 Å². The zero-order valence-electron chi connectivity index (χ0n) is 16.4. The number of halogens is 3. The monoisotopic (exact) mass is 436 g/mol. The highest BCUT2D eigenvalue weighted by Crippen LogP contribution is 2.31. The van der Waals surface area contributed by atoms with Crippen molar-refractivity contribution < 1.29 is 30.6 Å². The lowest BCUT2D eigenvalue weighted by Gasteiger charge is -2.19. The number of hydrogen-bond donors (Lipinski definition) is 0. The van der Waals surface area contributed by atoms with Gasteiger partial charge in [0.2, 0.25) is 0 Å². The van der Waals surface area contributed by atoms with Gasteiger partial charge < -0.3 is 4.18 Å². The molecular weight excluding hydrogens is 417 g/mol. The summed E-state index contributed by atoms with van der Waals surface area (Å²) in [5.74, 6) is -0.739. The molecule has 0 aliphatic heterocycles. The number of ketones is 1. The number of benzene rings is 3. The Hall–Kier alpha value is -2.87. The van der Waals surface area contributed by atoms with Crippen LogP contribution in [0, 0.1) is 0 Å². The molecule has 0 N–H and O–H groups in total. The van der Waals surface area contributed by atoms with Crippen molar-refractivity contribution in [3.63, 3.8) is 0 Å². The maximum Gasteiger partial charge on any atom is 0.534 e. The minimum absolute atomic E-state index is 0.0613. The summed E-state index contributed by atoms with van der Waals surface area (Å²) in [6, 6.07) is 15.6. The van der Waals surface area contributed by atoms with Crippen LogP contribution in [0.15, 0.2) is 60.7 Å². The van der Waals surface area contributed by atoms with E-state index < -0.39 is 21.4 Å². The van der Waals surface area contributed by atoms with Crippen LogP contribution in [-0.2, 0) is 15.5 Å². The van der Waals surface area contributed by atoms with Crippen molar-refractivity contribution in [1.29, 1.82) is 0 Å². The van der Waals surface area contributed by atoms with E-state index >= 15 is 0 Å². The summed E-state index contributed by atoms with van der Waals surface area (Å²) in [7, 11) is -5.77. The van der Waals surface area contributed by atoms with Crippen molar-refractivity contribution in [3.05, 3.63) is 77.4 Å². The number of hydrogen-bond acceptors (Lipinski definition) is 4. The van der Waals surface area contributed by atoms with Crippen LogP contribution in [0.5, 0.6) is 5.75 Å². The van der Waals surface area contributed by atoms with Gasteiger partial charge in [0.25, 0.3) is 0 Å². The van der Waals surface area contributed by atoms with Crippen molar-refractivity contribution >= 4 is 26.7 Å². The lowest BCUT2D eigenvalue weighted by molar-refractivity contribution is -0.0500. The molecule has 0 atom stereocenters. The van der Waals surface area contributed by atoms with Crippen LogP contribution in [0.25, 0.3) is 10.8 Å². The SMILES string of the molecule is CC(C)(C)c1ccc(C(=O)c2cccc3cc(OS(=O)(=O)C(F)(F)F)ccc23)cc1. The predicted molar refractivity (Wildman–Crippen MR) is 108 cm³/mol. The van der Waals surface area contributed by atoms with E-state index in [-0.39, 0.29) is 11.2 Å². The first kappa shape index (κ1) is 21.8. The Bertz CT molecular complexity index is 1210. The highest BCUT2D eigenvalue weighted by atomic mass is 32.2. The van der Waals surface area contributed by atoms with Gasteiger partial charge in [0, 0.05) is 11.1 Å². The second kappa shape index (κ2) is 7.43.